The summed E-state index contributed by atoms with van der Waals surface area (Å²) >= 11 is 0. The standard InChI is InChI=1S/C25H34FN5O/c1-17(2)15-30(16-18(3)4)24(32)19-6-11-22-23(14-19)31(13-5-12-27)25(29-22)28-21-9-7-20(26)8-10-21/h6-11,14,17-18H,5,12-13,15-16,27H2,1-4H3,(H,28,29). The van der Waals surface area contributed by atoms with Crippen molar-refractivity contribution in [2.45, 2.75) is 40.7 Å². The fraction of sp³-hybridized carbons (Fsp3) is 0.440. The second-order valence-corrected chi connectivity index (χ2v) is 9.06. The van der Waals surface area contributed by atoms with Gasteiger partial charge in [0.15, 0.2) is 0 Å². The summed E-state index contributed by atoms with van der Waals surface area (Å²) in [4.78, 5) is 20.0. The lowest BCUT2D eigenvalue weighted by Gasteiger charge is -2.26. The van der Waals surface area contributed by atoms with Gasteiger partial charge in [-0.1, -0.05) is 27.7 Å². The third-order valence-electron chi connectivity index (χ3n) is 5.14. The Morgan fingerprint density at radius 1 is 1.09 bits per heavy atom. The van der Waals surface area contributed by atoms with E-state index >= 15 is 0 Å². The lowest BCUT2D eigenvalue weighted by molar-refractivity contribution is 0.0715. The number of carbonyl (C=O) groups is 1. The molecule has 0 saturated carbocycles. The summed E-state index contributed by atoms with van der Waals surface area (Å²) in [7, 11) is 0. The van der Waals surface area contributed by atoms with Gasteiger partial charge in [-0.15, -0.1) is 0 Å². The minimum atomic E-state index is -0.289. The molecule has 3 aromatic rings. The van der Waals surface area contributed by atoms with Crippen LogP contribution in [0.1, 0.15) is 44.5 Å². The SMILES string of the molecule is CC(C)CN(CC(C)C)C(=O)c1ccc2nc(Nc3ccc(F)cc3)n(CCCN)c2c1. The lowest BCUT2D eigenvalue weighted by atomic mass is 10.1. The normalized spacial score (nSPS) is 11.5. The van der Waals surface area contributed by atoms with Crippen LogP contribution in [0.25, 0.3) is 11.0 Å². The molecule has 0 unspecified atom stereocenters. The highest BCUT2D eigenvalue weighted by Crippen LogP contribution is 2.25. The van der Waals surface area contributed by atoms with Crippen molar-refractivity contribution >= 4 is 28.6 Å². The zero-order chi connectivity index (χ0) is 23.3. The Morgan fingerprint density at radius 2 is 1.75 bits per heavy atom. The third-order valence-corrected chi connectivity index (χ3v) is 5.14. The minimum absolute atomic E-state index is 0.0360. The second kappa shape index (κ2) is 10.6. The molecule has 172 valence electrons. The molecule has 0 aliphatic rings. The summed E-state index contributed by atoms with van der Waals surface area (Å²) in [6.45, 7) is 11.1. The number of aryl methyl sites for hydroxylation is 1. The molecule has 0 aliphatic carbocycles. The number of aromatic nitrogens is 2. The molecule has 0 radical (unpaired) electrons. The molecule has 3 rings (SSSR count). The van der Waals surface area contributed by atoms with E-state index in [-0.39, 0.29) is 11.7 Å². The number of hydrogen-bond donors (Lipinski definition) is 2. The van der Waals surface area contributed by atoms with Crippen molar-refractivity contribution in [1.29, 1.82) is 0 Å². The summed E-state index contributed by atoms with van der Waals surface area (Å²) in [6, 6.07) is 11.8. The highest BCUT2D eigenvalue weighted by Gasteiger charge is 2.20. The number of benzene rings is 2. The Bertz CT molecular complexity index is 1030. The van der Waals surface area contributed by atoms with E-state index in [1.807, 2.05) is 27.7 Å². The van der Waals surface area contributed by atoms with E-state index < -0.39 is 0 Å². The van der Waals surface area contributed by atoms with Crippen LogP contribution in [-0.2, 0) is 6.54 Å². The fourth-order valence-corrected chi connectivity index (χ4v) is 3.79. The largest absolute Gasteiger partial charge is 0.338 e. The quantitative estimate of drug-likeness (QED) is 0.465. The van der Waals surface area contributed by atoms with Crippen molar-refractivity contribution in [1.82, 2.24) is 14.5 Å². The van der Waals surface area contributed by atoms with Crippen molar-refractivity contribution in [2.24, 2.45) is 17.6 Å². The molecule has 32 heavy (non-hydrogen) atoms. The lowest BCUT2D eigenvalue weighted by Crippen LogP contribution is -2.37. The number of amides is 1. The topological polar surface area (TPSA) is 76.2 Å². The summed E-state index contributed by atoms with van der Waals surface area (Å²) in [5.41, 5.74) is 8.83. The van der Waals surface area contributed by atoms with Crippen LogP contribution in [0.2, 0.25) is 0 Å². The average molecular weight is 440 g/mol. The zero-order valence-corrected chi connectivity index (χ0v) is 19.4. The van der Waals surface area contributed by atoms with Gasteiger partial charge in [-0.2, -0.15) is 0 Å². The summed E-state index contributed by atoms with van der Waals surface area (Å²) in [5, 5.41) is 3.27. The van der Waals surface area contributed by atoms with E-state index in [4.69, 9.17) is 10.7 Å². The van der Waals surface area contributed by atoms with Crippen LogP contribution in [0.15, 0.2) is 42.5 Å². The first-order valence-corrected chi connectivity index (χ1v) is 11.3. The molecule has 0 aliphatic heterocycles. The fourth-order valence-electron chi connectivity index (χ4n) is 3.79. The van der Waals surface area contributed by atoms with Gasteiger partial charge in [-0.25, -0.2) is 9.37 Å². The zero-order valence-electron chi connectivity index (χ0n) is 19.4. The van der Waals surface area contributed by atoms with Gasteiger partial charge < -0.3 is 20.5 Å². The van der Waals surface area contributed by atoms with Gasteiger partial charge in [-0.05, 0) is 67.3 Å². The van der Waals surface area contributed by atoms with Gasteiger partial charge in [0.2, 0.25) is 5.95 Å². The number of fused-ring (bicyclic) bond motifs is 1. The predicted octanol–water partition coefficient (Wildman–Crippen LogP) is 5.02. The van der Waals surface area contributed by atoms with Crippen molar-refractivity contribution in [3.8, 4) is 0 Å². The van der Waals surface area contributed by atoms with Crippen molar-refractivity contribution < 1.29 is 9.18 Å². The van der Waals surface area contributed by atoms with Crippen molar-refractivity contribution in [3.05, 3.63) is 53.8 Å². The number of imidazole rings is 1. The van der Waals surface area contributed by atoms with Gasteiger partial charge in [0.1, 0.15) is 5.82 Å². The maximum absolute atomic E-state index is 13.3. The number of anilines is 2. The first-order chi connectivity index (χ1) is 15.3. The Kier molecular flexibility index (Phi) is 7.85. The second-order valence-electron chi connectivity index (χ2n) is 9.06. The van der Waals surface area contributed by atoms with Gasteiger partial charge in [0.05, 0.1) is 11.0 Å². The molecule has 6 nitrogen and oxygen atoms in total. The highest BCUT2D eigenvalue weighted by atomic mass is 19.1. The van der Waals surface area contributed by atoms with Gasteiger partial charge in [0.25, 0.3) is 5.91 Å². The summed E-state index contributed by atoms with van der Waals surface area (Å²) in [5.74, 6) is 1.17. The molecule has 0 saturated heterocycles. The molecule has 7 heteroatoms. The Hall–Kier alpha value is -2.93. The minimum Gasteiger partial charge on any atom is -0.338 e. The Labute approximate surface area is 189 Å². The van der Waals surface area contributed by atoms with Crippen LogP contribution in [0.3, 0.4) is 0 Å². The molecule has 3 N–H and O–H groups in total. The van der Waals surface area contributed by atoms with E-state index in [2.05, 4.69) is 33.0 Å². The van der Waals surface area contributed by atoms with Gasteiger partial charge >= 0.3 is 0 Å². The number of hydrogen-bond acceptors (Lipinski definition) is 4. The molecular formula is C25H34FN5O. The Balaban J connectivity index is 1.98. The molecule has 0 atom stereocenters. The average Bonchev–Trinajstić information content (AvgIpc) is 3.08. The van der Waals surface area contributed by atoms with Crippen LogP contribution < -0.4 is 11.1 Å². The molecular weight excluding hydrogens is 405 g/mol. The van der Waals surface area contributed by atoms with Gasteiger partial charge in [0, 0.05) is 30.9 Å². The van der Waals surface area contributed by atoms with Crippen LogP contribution in [-0.4, -0.2) is 40.0 Å². The first-order valence-electron chi connectivity index (χ1n) is 11.3. The first kappa shape index (κ1) is 23.7. The number of rotatable bonds is 10. The number of carbonyl (C=O) groups excluding carboxylic acids is 1. The molecule has 0 bridgehead atoms. The van der Waals surface area contributed by atoms with Crippen LogP contribution in [0.4, 0.5) is 16.0 Å². The molecule has 2 aromatic carbocycles. The Morgan fingerprint density at radius 3 is 2.34 bits per heavy atom. The van der Waals surface area contributed by atoms with E-state index in [1.54, 1.807) is 12.1 Å². The maximum atomic E-state index is 13.3. The number of nitrogens with one attached hydrogen (secondary N) is 1. The van der Waals surface area contributed by atoms with Crippen LogP contribution in [0.5, 0.6) is 0 Å². The van der Waals surface area contributed by atoms with E-state index in [9.17, 15) is 9.18 Å². The number of nitrogens with zero attached hydrogens (tertiary/aromatic N) is 3. The molecule has 1 heterocycles. The summed E-state index contributed by atoms with van der Waals surface area (Å²) in [6.07, 6.45) is 0.772. The van der Waals surface area contributed by atoms with Crippen LogP contribution in [0, 0.1) is 17.7 Å². The van der Waals surface area contributed by atoms with E-state index in [1.165, 1.54) is 12.1 Å². The van der Waals surface area contributed by atoms with Crippen molar-refractivity contribution in [3.63, 3.8) is 0 Å². The van der Waals surface area contributed by atoms with E-state index in [0.717, 1.165) is 36.2 Å². The molecule has 1 aromatic heterocycles. The third kappa shape index (κ3) is 5.85. The van der Waals surface area contributed by atoms with Crippen molar-refractivity contribution in [2.75, 3.05) is 25.0 Å². The van der Waals surface area contributed by atoms with Gasteiger partial charge in [-0.3, -0.25) is 4.79 Å². The molecule has 0 spiro atoms. The number of nitrogens with two attached hydrogens (primary N) is 1. The maximum Gasteiger partial charge on any atom is 0.253 e. The predicted molar refractivity (Wildman–Crippen MR) is 129 cm³/mol. The summed E-state index contributed by atoms with van der Waals surface area (Å²) < 4.78 is 15.3. The molecule has 0 fully saturated rings. The monoisotopic (exact) mass is 439 g/mol. The molecule has 1 amide bonds. The van der Waals surface area contributed by atoms with Crippen LogP contribution >= 0.6 is 0 Å². The highest BCUT2D eigenvalue weighted by molar-refractivity contribution is 5.98. The smallest absolute Gasteiger partial charge is 0.253 e. The number of halogens is 1. The van der Waals surface area contributed by atoms with E-state index in [0.29, 0.717) is 36.4 Å².